The van der Waals surface area contributed by atoms with Gasteiger partial charge in [0.25, 0.3) is 0 Å². The first-order valence-electron chi connectivity index (χ1n) is 8.38. The lowest BCUT2D eigenvalue weighted by Crippen LogP contribution is -2.48. The first-order chi connectivity index (χ1) is 12.0. The summed E-state index contributed by atoms with van der Waals surface area (Å²) in [5.41, 5.74) is 0.869. The van der Waals surface area contributed by atoms with E-state index in [4.69, 9.17) is 5.84 Å². The highest BCUT2D eigenvalue weighted by molar-refractivity contribution is 9.10. The lowest BCUT2D eigenvalue weighted by atomic mass is 9.98. The van der Waals surface area contributed by atoms with Gasteiger partial charge in [-0.1, -0.05) is 39.8 Å². The van der Waals surface area contributed by atoms with Crippen molar-refractivity contribution in [2.75, 3.05) is 11.6 Å². The molecule has 0 saturated carbocycles. The topological polar surface area (TPSA) is 77.0 Å². The van der Waals surface area contributed by atoms with Crippen molar-refractivity contribution < 1.29 is 4.79 Å². The summed E-state index contributed by atoms with van der Waals surface area (Å²) < 4.78 is 2.35. The van der Waals surface area contributed by atoms with Gasteiger partial charge in [0.2, 0.25) is 11.1 Å². The number of benzene rings is 1. The summed E-state index contributed by atoms with van der Waals surface area (Å²) in [7, 11) is 0. The number of nitrogens with zero attached hydrogens (tertiary/aromatic N) is 4. The van der Waals surface area contributed by atoms with Gasteiger partial charge in [-0.3, -0.25) is 4.79 Å². The fourth-order valence-corrected chi connectivity index (χ4v) is 4.50. The van der Waals surface area contributed by atoms with Crippen LogP contribution in [0.5, 0.6) is 0 Å². The quantitative estimate of drug-likeness (QED) is 0.602. The van der Waals surface area contributed by atoms with E-state index in [-0.39, 0.29) is 5.91 Å². The number of amides is 1. The molecule has 8 heteroatoms. The number of aromatic nitrogens is 3. The molecule has 0 radical (unpaired) electrons. The molecule has 1 aromatic carbocycles. The molecule has 0 aliphatic carbocycles. The first kappa shape index (κ1) is 18.3. The smallest absolute Gasteiger partial charge is 0.233 e. The number of hydrogen-bond acceptors (Lipinski definition) is 5. The van der Waals surface area contributed by atoms with Crippen LogP contribution < -0.4 is 5.84 Å². The highest BCUT2D eigenvalue weighted by Gasteiger charge is 2.29. The van der Waals surface area contributed by atoms with Crippen LogP contribution >= 0.6 is 27.7 Å². The van der Waals surface area contributed by atoms with Gasteiger partial charge in [-0.2, -0.15) is 0 Å². The van der Waals surface area contributed by atoms with E-state index in [9.17, 15) is 4.79 Å². The van der Waals surface area contributed by atoms with Crippen LogP contribution in [0, 0.1) is 0 Å². The van der Waals surface area contributed by atoms with Crippen LogP contribution in [0.15, 0.2) is 33.9 Å². The summed E-state index contributed by atoms with van der Waals surface area (Å²) in [6.45, 7) is 4.24. The van der Waals surface area contributed by atoms with Gasteiger partial charge in [0.05, 0.1) is 5.75 Å². The Morgan fingerprint density at radius 1 is 1.28 bits per heavy atom. The third-order valence-corrected chi connectivity index (χ3v) is 6.20. The zero-order valence-electron chi connectivity index (χ0n) is 14.4. The molecule has 0 spiro atoms. The first-order valence-corrected chi connectivity index (χ1v) is 10.2. The molecule has 1 aliphatic rings. The number of carbonyl (C=O) groups excluding carboxylic acids is 1. The van der Waals surface area contributed by atoms with Crippen molar-refractivity contribution >= 4 is 33.6 Å². The Hall–Kier alpha value is -1.54. The molecule has 1 saturated heterocycles. The number of halogens is 1. The van der Waals surface area contributed by atoms with Crippen LogP contribution in [0.4, 0.5) is 0 Å². The van der Waals surface area contributed by atoms with E-state index in [0.717, 1.165) is 22.9 Å². The third-order valence-electron chi connectivity index (χ3n) is 4.59. The fourth-order valence-electron chi connectivity index (χ4n) is 3.32. The minimum absolute atomic E-state index is 0.134. The standard InChI is InChI=1S/C17H22BrN5OS/c1-11-6-5-7-12(2)22(11)15(24)10-25-17-21-20-16(23(17)19)13-8-3-4-9-14(13)18/h3-4,8-9,11-12H,5-7,10,19H2,1-2H3. The van der Waals surface area contributed by atoms with Gasteiger partial charge in [0.1, 0.15) is 0 Å². The minimum atomic E-state index is 0.134. The maximum absolute atomic E-state index is 12.6. The van der Waals surface area contributed by atoms with E-state index in [1.807, 2.05) is 29.2 Å². The van der Waals surface area contributed by atoms with Gasteiger partial charge in [-0.25, -0.2) is 4.68 Å². The van der Waals surface area contributed by atoms with Crippen molar-refractivity contribution in [3.05, 3.63) is 28.7 Å². The Morgan fingerprint density at radius 2 is 1.96 bits per heavy atom. The molecule has 2 atom stereocenters. The normalized spacial score (nSPS) is 20.7. The SMILES string of the molecule is CC1CCCC(C)N1C(=O)CSc1nnc(-c2ccccc2Br)n1N. The summed E-state index contributed by atoms with van der Waals surface area (Å²) in [5.74, 6) is 7.17. The predicted octanol–water partition coefficient (Wildman–Crippen LogP) is 3.30. The summed E-state index contributed by atoms with van der Waals surface area (Å²) in [4.78, 5) is 14.6. The van der Waals surface area contributed by atoms with Crippen LogP contribution in [-0.2, 0) is 4.79 Å². The maximum atomic E-state index is 12.6. The van der Waals surface area contributed by atoms with Crippen molar-refractivity contribution in [2.45, 2.75) is 50.4 Å². The molecule has 1 fully saturated rings. The molecule has 1 amide bonds. The van der Waals surface area contributed by atoms with Crippen molar-refractivity contribution in [3.63, 3.8) is 0 Å². The highest BCUT2D eigenvalue weighted by atomic mass is 79.9. The van der Waals surface area contributed by atoms with E-state index in [1.54, 1.807) is 0 Å². The summed E-state index contributed by atoms with van der Waals surface area (Å²) in [6.07, 6.45) is 3.33. The van der Waals surface area contributed by atoms with E-state index < -0.39 is 0 Å². The van der Waals surface area contributed by atoms with Crippen molar-refractivity contribution in [2.24, 2.45) is 0 Å². The molecule has 0 bridgehead atoms. The predicted molar refractivity (Wildman–Crippen MR) is 104 cm³/mol. The van der Waals surface area contributed by atoms with Crippen LogP contribution in [0.25, 0.3) is 11.4 Å². The summed E-state index contributed by atoms with van der Waals surface area (Å²) in [5, 5.41) is 8.87. The van der Waals surface area contributed by atoms with Crippen molar-refractivity contribution in [1.82, 2.24) is 19.8 Å². The Balaban J connectivity index is 1.70. The zero-order chi connectivity index (χ0) is 18.0. The second kappa shape index (κ2) is 7.78. The lowest BCUT2D eigenvalue weighted by molar-refractivity contribution is -0.134. The van der Waals surface area contributed by atoms with Crippen LogP contribution in [0.2, 0.25) is 0 Å². The number of nitrogen functional groups attached to an aromatic ring is 1. The average molecular weight is 424 g/mol. The average Bonchev–Trinajstić information content (AvgIpc) is 2.94. The highest BCUT2D eigenvalue weighted by Crippen LogP contribution is 2.29. The molecule has 2 N–H and O–H groups in total. The van der Waals surface area contributed by atoms with E-state index in [2.05, 4.69) is 40.0 Å². The summed E-state index contributed by atoms with van der Waals surface area (Å²) in [6, 6.07) is 8.30. The Kier molecular flexibility index (Phi) is 5.68. The maximum Gasteiger partial charge on any atom is 0.233 e. The number of carbonyl (C=O) groups is 1. The minimum Gasteiger partial charge on any atom is -0.337 e. The largest absolute Gasteiger partial charge is 0.337 e. The molecule has 1 aromatic heterocycles. The number of hydrogen-bond donors (Lipinski definition) is 1. The Bertz CT molecular complexity index is 755. The van der Waals surface area contributed by atoms with Gasteiger partial charge in [-0.15, -0.1) is 10.2 Å². The van der Waals surface area contributed by atoms with E-state index in [0.29, 0.717) is 28.8 Å². The number of thioether (sulfide) groups is 1. The van der Waals surface area contributed by atoms with Crippen molar-refractivity contribution in [3.8, 4) is 11.4 Å². The number of nitrogens with two attached hydrogens (primary N) is 1. The molecule has 1 aliphatic heterocycles. The molecular weight excluding hydrogens is 402 g/mol. The van der Waals surface area contributed by atoms with Gasteiger partial charge >= 0.3 is 0 Å². The molecule has 2 heterocycles. The molecular formula is C17H22BrN5OS. The zero-order valence-corrected chi connectivity index (χ0v) is 16.8. The number of rotatable bonds is 4. The van der Waals surface area contributed by atoms with Crippen LogP contribution in [-0.4, -0.2) is 43.5 Å². The summed E-state index contributed by atoms with van der Waals surface area (Å²) >= 11 is 4.83. The van der Waals surface area contributed by atoms with Crippen molar-refractivity contribution in [1.29, 1.82) is 0 Å². The second-order valence-electron chi connectivity index (χ2n) is 6.37. The third kappa shape index (κ3) is 3.84. The molecule has 2 unspecified atom stereocenters. The van der Waals surface area contributed by atoms with Crippen LogP contribution in [0.3, 0.4) is 0 Å². The molecule has 6 nitrogen and oxygen atoms in total. The van der Waals surface area contributed by atoms with E-state index in [1.165, 1.54) is 22.9 Å². The van der Waals surface area contributed by atoms with Gasteiger partial charge in [0.15, 0.2) is 5.82 Å². The molecule has 3 rings (SSSR count). The van der Waals surface area contributed by atoms with Gasteiger partial charge in [-0.05, 0) is 45.2 Å². The van der Waals surface area contributed by atoms with E-state index >= 15 is 0 Å². The molecule has 25 heavy (non-hydrogen) atoms. The van der Waals surface area contributed by atoms with Crippen LogP contribution in [0.1, 0.15) is 33.1 Å². The number of piperidine rings is 1. The fraction of sp³-hybridized carbons (Fsp3) is 0.471. The Morgan fingerprint density at radius 3 is 2.64 bits per heavy atom. The number of likely N-dealkylation sites (tertiary alicyclic amines) is 1. The lowest BCUT2D eigenvalue weighted by Gasteiger charge is -2.39. The second-order valence-corrected chi connectivity index (χ2v) is 8.17. The van der Waals surface area contributed by atoms with Gasteiger partial charge < -0.3 is 10.7 Å². The molecule has 2 aromatic rings. The molecule has 134 valence electrons. The monoisotopic (exact) mass is 423 g/mol. The Labute approximate surface area is 160 Å². The van der Waals surface area contributed by atoms with Gasteiger partial charge in [0, 0.05) is 22.1 Å².